The zero-order valence-electron chi connectivity index (χ0n) is 11.4. The summed E-state index contributed by atoms with van der Waals surface area (Å²) in [6, 6.07) is 4.44. The van der Waals surface area contributed by atoms with Crippen LogP contribution < -0.4 is 0 Å². The van der Waals surface area contributed by atoms with Crippen molar-refractivity contribution in [3.8, 4) is 6.07 Å². The molecule has 1 aromatic heterocycles. The Hall–Kier alpha value is -0.850. The Morgan fingerprint density at radius 3 is 2.39 bits per heavy atom. The van der Waals surface area contributed by atoms with Gasteiger partial charge in [-0.3, -0.25) is 0 Å². The van der Waals surface area contributed by atoms with Gasteiger partial charge < -0.3 is 5.11 Å². The highest BCUT2D eigenvalue weighted by molar-refractivity contribution is 7.10. The molecule has 0 amide bonds. The highest BCUT2D eigenvalue weighted by atomic mass is 32.1. The third-order valence-electron chi connectivity index (χ3n) is 4.39. The Balaban J connectivity index is 2.25. The lowest BCUT2D eigenvalue weighted by molar-refractivity contribution is 0.0114. The molecule has 1 fully saturated rings. The van der Waals surface area contributed by atoms with Gasteiger partial charge in [-0.2, -0.15) is 5.26 Å². The quantitative estimate of drug-likeness (QED) is 0.869. The monoisotopic (exact) mass is 263 g/mol. The summed E-state index contributed by atoms with van der Waals surface area (Å²) in [7, 11) is 0. The summed E-state index contributed by atoms with van der Waals surface area (Å²) in [5.74, 6) is 0. The topological polar surface area (TPSA) is 44.0 Å². The van der Waals surface area contributed by atoms with Crippen LogP contribution in [0.15, 0.2) is 11.4 Å². The Morgan fingerprint density at radius 2 is 1.94 bits per heavy atom. The zero-order chi connectivity index (χ0) is 13.4. The number of hydrogen-bond acceptors (Lipinski definition) is 3. The van der Waals surface area contributed by atoms with Gasteiger partial charge in [-0.1, -0.05) is 13.8 Å². The van der Waals surface area contributed by atoms with Crippen LogP contribution in [0.25, 0.3) is 0 Å². The minimum Gasteiger partial charge on any atom is -0.386 e. The molecule has 1 heterocycles. The van der Waals surface area contributed by atoms with Gasteiger partial charge in [0.1, 0.15) is 6.10 Å². The lowest BCUT2D eigenvalue weighted by Gasteiger charge is -2.41. The first-order valence-electron chi connectivity index (χ1n) is 6.54. The minimum absolute atomic E-state index is 0.310. The Kier molecular flexibility index (Phi) is 3.53. The lowest BCUT2D eigenvalue weighted by Crippen LogP contribution is -2.35. The van der Waals surface area contributed by atoms with Crippen molar-refractivity contribution in [2.75, 3.05) is 0 Å². The molecule has 1 aliphatic rings. The fraction of sp³-hybridized carbons (Fsp3) is 0.667. The smallest absolute Gasteiger partial charge is 0.107 e. The first-order valence-corrected chi connectivity index (χ1v) is 7.41. The van der Waals surface area contributed by atoms with E-state index in [0.29, 0.717) is 5.41 Å². The van der Waals surface area contributed by atoms with E-state index in [1.54, 1.807) is 11.3 Å². The van der Waals surface area contributed by atoms with Gasteiger partial charge in [0.05, 0.1) is 11.5 Å². The lowest BCUT2D eigenvalue weighted by atomic mass is 9.63. The first kappa shape index (κ1) is 13.6. The number of hydrogen-bond donors (Lipinski definition) is 1. The molecule has 1 saturated carbocycles. The normalized spacial score (nSPS) is 23.3. The van der Waals surface area contributed by atoms with Crippen LogP contribution in [0.1, 0.15) is 56.1 Å². The van der Waals surface area contributed by atoms with Crippen LogP contribution in [0.4, 0.5) is 0 Å². The molecule has 2 nitrogen and oxygen atoms in total. The molecule has 2 rings (SSSR count). The molecule has 0 aliphatic heterocycles. The molecule has 98 valence electrons. The fourth-order valence-corrected chi connectivity index (χ4v) is 3.76. The molecule has 1 aliphatic carbocycles. The van der Waals surface area contributed by atoms with Crippen molar-refractivity contribution in [1.82, 2.24) is 0 Å². The van der Waals surface area contributed by atoms with Gasteiger partial charge in [-0.25, -0.2) is 0 Å². The highest BCUT2D eigenvalue weighted by Gasteiger charge is 2.45. The van der Waals surface area contributed by atoms with Crippen molar-refractivity contribution in [3.63, 3.8) is 0 Å². The second kappa shape index (κ2) is 4.68. The van der Waals surface area contributed by atoms with E-state index in [9.17, 15) is 10.4 Å². The molecule has 1 N–H and O–H groups in total. The maximum absolute atomic E-state index is 10.6. The fourth-order valence-electron chi connectivity index (χ4n) is 2.73. The maximum Gasteiger partial charge on any atom is 0.107 e. The summed E-state index contributed by atoms with van der Waals surface area (Å²) in [5, 5.41) is 22.2. The van der Waals surface area contributed by atoms with Gasteiger partial charge in [-0.15, -0.1) is 11.3 Å². The number of aryl methyl sites for hydroxylation is 1. The Bertz CT molecular complexity index is 459. The number of thiophene rings is 1. The molecular formula is C15H21NOS. The molecule has 0 spiro atoms. The van der Waals surface area contributed by atoms with Gasteiger partial charge >= 0.3 is 0 Å². The van der Waals surface area contributed by atoms with Gasteiger partial charge in [0.2, 0.25) is 0 Å². The molecule has 0 radical (unpaired) electrons. The summed E-state index contributed by atoms with van der Waals surface area (Å²) in [6.07, 6.45) is 3.01. The van der Waals surface area contributed by atoms with Crippen LogP contribution in [0.5, 0.6) is 0 Å². The molecular weight excluding hydrogens is 242 g/mol. The van der Waals surface area contributed by atoms with Gasteiger partial charge in [-0.05, 0) is 55.0 Å². The predicted octanol–water partition coefficient (Wildman–Crippen LogP) is 4.20. The number of aliphatic hydroxyl groups is 1. The number of nitrogens with zero attached hydrogens (tertiary/aromatic N) is 1. The van der Waals surface area contributed by atoms with Crippen molar-refractivity contribution in [2.24, 2.45) is 10.8 Å². The summed E-state index contributed by atoms with van der Waals surface area (Å²) < 4.78 is 0. The van der Waals surface area contributed by atoms with Crippen molar-refractivity contribution in [1.29, 1.82) is 5.26 Å². The van der Waals surface area contributed by atoms with Crippen LogP contribution in [-0.2, 0) is 0 Å². The number of rotatable bonds is 2. The van der Waals surface area contributed by atoms with E-state index in [1.807, 2.05) is 18.4 Å². The molecule has 1 aromatic rings. The van der Waals surface area contributed by atoms with Gasteiger partial charge in [0.15, 0.2) is 0 Å². The minimum atomic E-state index is -0.626. The second-order valence-electron chi connectivity index (χ2n) is 6.30. The van der Waals surface area contributed by atoms with Crippen molar-refractivity contribution < 1.29 is 5.11 Å². The SMILES string of the molecule is Cc1ccsc1C(O)C1(C#N)CCC(C)(C)CC1. The molecule has 1 unspecified atom stereocenters. The molecule has 0 bridgehead atoms. The summed E-state index contributed by atoms with van der Waals surface area (Å²) in [4.78, 5) is 0.969. The van der Waals surface area contributed by atoms with Crippen LogP contribution in [0, 0.1) is 29.1 Å². The third kappa shape index (κ3) is 2.32. The average molecular weight is 263 g/mol. The Morgan fingerprint density at radius 1 is 1.33 bits per heavy atom. The second-order valence-corrected chi connectivity index (χ2v) is 7.25. The predicted molar refractivity (Wildman–Crippen MR) is 74.3 cm³/mol. The molecule has 3 heteroatoms. The molecule has 0 aromatic carbocycles. The largest absolute Gasteiger partial charge is 0.386 e. The molecule has 18 heavy (non-hydrogen) atoms. The van der Waals surface area contributed by atoms with E-state index in [1.165, 1.54) is 0 Å². The van der Waals surface area contributed by atoms with Crippen molar-refractivity contribution in [3.05, 3.63) is 21.9 Å². The van der Waals surface area contributed by atoms with Crippen LogP contribution in [-0.4, -0.2) is 5.11 Å². The number of aliphatic hydroxyl groups excluding tert-OH is 1. The standard InChI is InChI=1S/C15H21NOS/c1-11-4-9-18-12(11)13(17)15(10-16)7-5-14(2,3)6-8-15/h4,9,13,17H,5-8H2,1-3H3. The van der Waals surface area contributed by atoms with E-state index in [2.05, 4.69) is 19.9 Å². The summed E-state index contributed by atoms with van der Waals surface area (Å²) in [5.41, 5.74) is 0.836. The van der Waals surface area contributed by atoms with E-state index < -0.39 is 11.5 Å². The summed E-state index contributed by atoms with van der Waals surface area (Å²) >= 11 is 1.56. The van der Waals surface area contributed by atoms with Gasteiger partial charge in [0, 0.05) is 4.88 Å². The summed E-state index contributed by atoms with van der Waals surface area (Å²) in [6.45, 7) is 6.50. The zero-order valence-corrected chi connectivity index (χ0v) is 12.2. The number of nitriles is 1. The first-order chi connectivity index (χ1) is 8.40. The van der Waals surface area contributed by atoms with Crippen LogP contribution in [0.3, 0.4) is 0 Å². The third-order valence-corrected chi connectivity index (χ3v) is 5.46. The highest BCUT2D eigenvalue weighted by Crippen LogP contribution is 2.51. The van der Waals surface area contributed by atoms with Crippen LogP contribution >= 0.6 is 11.3 Å². The maximum atomic E-state index is 10.6. The van der Waals surface area contributed by atoms with Gasteiger partial charge in [0.25, 0.3) is 0 Å². The Labute approximate surface area is 113 Å². The van der Waals surface area contributed by atoms with E-state index >= 15 is 0 Å². The average Bonchev–Trinajstić information content (AvgIpc) is 2.75. The molecule has 0 saturated heterocycles. The van der Waals surface area contributed by atoms with E-state index in [0.717, 1.165) is 36.1 Å². The van der Waals surface area contributed by atoms with Crippen molar-refractivity contribution >= 4 is 11.3 Å². The van der Waals surface area contributed by atoms with Crippen molar-refractivity contribution in [2.45, 2.75) is 52.6 Å². The van der Waals surface area contributed by atoms with E-state index in [4.69, 9.17) is 0 Å². The molecule has 1 atom stereocenters. The van der Waals surface area contributed by atoms with Crippen LogP contribution in [0.2, 0.25) is 0 Å². The van der Waals surface area contributed by atoms with E-state index in [-0.39, 0.29) is 0 Å².